The average Bonchev–Trinajstić information content (AvgIpc) is 2.39. The van der Waals surface area contributed by atoms with E-state index in [-0.39, 0.29) is 0 Å². The van der Waals surface area contributed by atoms with E-state index in [0.29, 0.717) is 0 Å². The van der Waals surface area contributed by atoms with Gasteiger partial charge in [0.15, 0.2) is 0 Å². The van der Waals surface area contributed by atoms with Crippen molar-refractivity contribution in [2.24, 2.45) is 0 Å². The lowest BCUT2D eigenvalue weighted by atomic mass is 9.91. The Morgan fingerprint density at radius 2 is 2.38 bits per heavy atom. The van der Waals surface area contributed by atoms with Gasteiger partial charge in [-0.3, -0.25) is 0 Å². The molecule has 0 aromatic heterocycles. The van der Waals surface area contributed by atoms with Gasteiger partial charge in [-0.2, -0.15) is 0 Å². The van der Waals surface area contributed by atoms with Gasteiger partial charge in [0, 0.05) is 10.00 Å². The molecule has 0 spiro atoms. The minimum Gasteiger partial charge on any atom is -0.149 e. The van der Waals surface area contributed by atoms with E-state index < -0.39 is 0 Å². The number of fused-ring (bicyclic) bond motifs is 1. The summed E-state index contributed by atoms with van der Waals surface area (Å²) in [7, 11) is 0. The molecule has 0 N–H and O–H groups in total. The molecule has 0 aromatic carbocycles. The summed E-state index contributed by atoms with van der Waals surface area (Å²) in [5, 5.41) is 1.07. The fraction of sp³-hybridized carbons (Fsp3) is 1.00. The first-order valence-electron chi connectivity index (χ1n) is 3.49. The summed E-state index contributed by atoms with van der Waals surface area (Å²) < 4.78 is 0.762. The molecule has 8 heavy (non-hydrogen) atoms. The summed E-state index contributed by atoms with van der Waals surface area (Å²) in [5.41, 5.74) is 0. The van der Waals surface area contributed by atoms with Gasteiger partial charge < -0.3 is 0 Å². The molecule has 2 fully saturated rings. The molecular formula is C7H12S. The number of thioether (sulfide) groups is 1. The highest BCUT2D eigenvalue weighted by molar-refractivity contribution is 8.08. The van der Waals surface area contributed by atoms with Crippen LogP contribution in [-0.4, -0.2) is 10.00 Å². The molecule has 0 radical (unpaired) electrons. The fourth-order valence-corrected chi connectivity index (χ4v) is 3.05. The summed E-state index contributed by atoms with van der Waals surface area (Å²) >= 11 is 2.20. The van der Waals surface area contributed by atoms with Gasteiger partial charge in [-0.05, 0) is 19.8 Å². The molecular weight excluding hydrogens is 116 g/mol. The zero-order chi connectivity index (χ0) is 5.61. The topological polar surface area (TPSA) is 0 Å². The highest BCUT2D eigenvalue weighted by Crippen LogP contribution is 2.60. The van der Waals surface area contributed by atoms with Crippen molar-refractivity contribution < 1.29 is 0 Å². The van der Waals surface area contributed by atoms with E-state index >= 15 is 0 Å². The van der Waals surface area contributed by atoms with Crippen molar-refractivity contribution in [1.29, 1.82) is 0 Å². The van der Waals surface area contributed by atoms with E-state index in [1.165, 1.54) is 25.7 Å². The second-order valence-corrected chi connectivity index (χ2v) is 4.90. The lowest BCUT2D eigenvalue weighted by Crippen LogP contribution is -2.13. The lowest BCUT2D eigenvalue weighted by molar-refractivity contribution is 0.487. The minimum absolute atomic E-state index is 0.762. The summed E-state index contributed by atoms with van der Waals surface area (Å²) in [6, 6.07) is 0. The van der Waals surface area contributed by atoms with E-state index in [1.54, 1.807) is 0 Å². The van der Waals surface area contributed by atoms with Crippen molar-refractivity contribution in [2.75, 3.05) is 0 Å². The van der Waals surface area contributed by atoms with Gasteiger partial charge in [0.2, 0.25) is 0 Å². The van der Waals surface area contributed by atoms with Crippen molar-refractivity contribution in [3.05, 3.63) is 0 Å². The van der Waals surface area contributed by atoms with Crippen LogP contribution >= 0.6 is 11.8 Å². The first-order chi connectivity index (χ1) is 3.81. The van der Waals surface area contributed by atoms with Crippen LogP contribution in [0, 0.1) is 0 Å². The third kappa shape index (κ3) is 0.604. The van der Waals surface area contributed by atoms with Crippen LogP contribution in [0.5, 0.6) is 0 Å². The van der Waals surface area contributed by atoms with Crippen LogP contribution in [0.2, 0.25) is 0 Å². The molecule has 1 heteroatoms. The molecule has 46 valence electrons. The van der Waals surface area contributed by atoms with Gasteiger partial charge in [-0.1, -0.05) is 12.8 Å². The Morgan fingerprint density at radius 1 is 1.50 bits per heavy atom. The molecule has 0 aromatic rings. The molecule has 1 heterocycles. The van der Waals surface area contributed by atoms with Crippen LogP contribution in [-0.2, 0) is 0 Å². The fourth-order valence-electron chi connectivity index (χ4n) is 1.68. The van der Waals surface area contributed by atoms with Gasteiger partial charge in [0.25, 0.3) is 0 Å². The number of hydrogen-bond donors (Lipinski definition) is 0. The Bertz CT molecular complexity index is 109. The Morgan fingerprint density at radius 3 is 2.88 bits per heavy atom. The SMILES string of the molecule is CC12CCCCC1S2. The quantitative estimate of drug-likeness (QED) is 0.451. The summed E-state index contributed by atoms with van der Waals surface area (Å²) in [5.74, 6) is 0. The second kappa shape index (κ2) is 1.44. The molecule has 0 nitrogen and oxygen atoms in total. The van der Waals surface area contributed by atoms with Crippen molar-refractivity contribution >= 4 is 11.8 Å². The van der Waals surface area contributed by atoms with Crippen LogP contribution in [0.3, 0.4) is 0 Å². The van der Waals surface area contributed by atoms with Gasteiger partial charge in [-0.15, -0.1) is 11.8 Å². The Hall–Kier alpha value is 0.350. The standard InChI is InChI=1S/C7H12S/c1-7-5-3-2-4-6(7)8-7/h6H,2-5H2,1H3. The number of hydrogen-bond acceptors (Lipinski definition) is 1. The molecule has 0 bridgehead atoms. The van der Waals surface area contributed by atoms with Crippen LogP contribution in [0.25, 0.3) is 0 Å². The van der Waals surface area contributed by atoms with Gasteiger partial charge in [0.05, 0.1) is 0 Å². The third-order valence-electron chi connectivity index (χ3n) is 2.42. The van der Waals surface area contributed by atoms with Crippen LogP contribution in [0.15, 0.2) is 0 Å². The summed E-state index contributed by atoms with van der Waals surface area (Å²) in [6.45, 7) is 2.42. The third-order valence-corrected chi connectivity index (χ3v) is 4.24. The van der Waals surface area contributed by atoms with Crippen molar-refractivity contribution in [1.82, 2.24) is 0 Å². The predicted octanol–water partition coefficient (Wildman–Crippen LogP) is 2.43. The maximum atomic E-state index is 2.42. The molecule has 2 atom stereocenters. The van der Waals surface area contributed by atoms with E-state index in [9.17, 15) is 0 Å². The van der Waals surface area contributed by atoms with Crippen LogP contribution in [0.4, 0.5) is 0 Å². The molecule has 1 saturated heterocycles. The predicted molar refractivity (Wildman–Crippen MR) is 38.3 cm³/mol. The zero-order valence-electron chi connectivity index (χ0n) is 5.31. The highest BCUT2D eigenvalue weighted by Gasteiger charge is 2.51. The Kier molecular flexibility index (Phi) is 0.928. The Labute approximate surface area is 55.0 Å². The van der Waals surface area contributed by atoms with E-state index in [4.69, 9.17) is 0 Å². The first kappa shape index (κ1) is 5.16. The highest BCUT2D eigenvalue weighted by atomic mass is 32.2. The monoisotopic (exact) mass is 128 g/mol. The Balaban J connectivity index is 2.04. The van der Waals surface area contributed by atoms with Gasteiger partial charge in [-0.25, -0.2) is 0 Å². The maximum absolute atomic E-state index is 2.42. The van der Waals surface area contributed by atoms with Crippen LogP contribution < -0.4 is 0 Å². The molecule has 1 aliphatic heterocycles. The largest absolute Gasteiger partial charge is 0.149 e. The van der Waals surface area contributed by atoms with Crippen molar-refractivity contribution in [2.45, 2.75) is 42.6 Å². The molecule has 1 aliphatic carbocycles. The zero-order valence-corrected chi connectivity index (χ0v) is 6.13. The van der Waals surface area contributed by atoms with Gasteiger partial charge >= 0.3 is 0 Å². The molecule has 2 unspecified atom stereocenters. The average molecular weight is 128 g/mol. The van der Waals surface area contributed by atoms with Crippen molar-refractivity contribution in [3.8, 4) is 0 Å². The maximum Gasteiger partial charge on any atom is 0.0253 e. The molecule has 2 rings (SSSR count). The first-order valence-corrected chi connectivity index (χ1v) is 4.37. The molecule has 2 aliphatic rings. The second-order valence-electron chi connectivity index (χ2n) is 3.16. The molecule has 1 saturated carbocycles. The minimum atomic E-state index is 0.762. The van der Waals surface area contributed by atoms with E-state index in [1.807, 2.05) is 0 Å². The van der Waals surface area contributed by atoms with Crippen molar-refractivity contribution in [3.63, 3.8) is 0 Å². The van der Waals surface area contributed by atoms with Crippen LogP contribution in [0.1, 0.15) is 32.6 Å². The summed E-state index contributed by atoms with van der Waals surface area (Å²) in [6.07, 6.45) is 5.97. The smallest absolute Gasteiger partial charge is 0.0253 e. The molecule has 0 amide bonds. The van der Waals surface area contributed by atoms with E-state index in [0.717, 1.165) is 10.00 Å². The van der Waals surface area contributed by atoms with E-state index in [2.05, 4.69) is 18.7 Å². The normalized spacial score (nSPS) is 52.9. The van der Waals surface area contributed by atoms with Gasteiger partial charge in [0.1, 0.15) is 0 Å². The lowest BCUT2D eigenvalue weighted by Gasteiger charge is -2.12. The number of rotatable bonds is 0. The summed E-state index contributed by atoms with van der Waals surface area (Å²) in [4.78, 5) is 0.